The monoisotopic (exact) mass is 426 g/mol. The molecule has 4 rings (SSSR count). The zero-order valence-corrected chi connectivity index (χ0v) is 17.8. The van der Waals surface area contributed by atoms with Gasteiger partial charge in [0.05, 0.1) is 11.6 Å². The molecule has 5 heteroatoms. The summed E-state index contributed by atoms with van der Waals surface area (Å²) in [6, 6.07) is 30.5. The van der Waals surface area contributed by atoms with Crippen LogP contribution in [0.15, 0.2) is 95.5 Å². The maximum atomic E-state index is 10.9. The van der Waals surface area contributed by atoms with Gasteiger partial charge in [-0.15, -0.1) is 0 Å². The zero-order valence-electron chi connectivity index (χ0n) is 17.8. The van der Waals surface area contributed by atoms with Crippen molar-refractivity contribution >= 4 is 5.91 Å². The molecular weight excluding hydrogens is 400 g/mol. The largest absolute Gasteiger partial charge is 0.484 e. The lowest BCUT2D eigenvalue weighted by Crippen LogP contribution is -2.20. The van der Waals surface area contributed by atoms with E-state index in [2.05, 4.69) is 35.5 Å². The molecule has 0 fully saturated rings. The van der Waals surface area contributed by atoms with Gasteiger partial charge in [0.1, 0.15) is 11.5 Å². The van der Waals surface area contributed by atoms with Crippen molar-refractivity contribution in [3.8, 4) is 5.75 Å². The second kappa shape index (κ2) is 10.4. The first-order chi connectivity index (χ1) is 15.7. The number of hydrogen-bond donors (Lipinski definition) is 1. The van der Waals surface area contributed by atoms with Crippen LogP contribution in [0.5, 0.6) is 5.75 Å². The van der Waals surface area contributed by atoms with Gasteiger partial charge in [-0.2, -0.15) is 0 Å². The Morgan fingerprint density at radius 3 is 2.22 bits per heavy atom. The van der Waals surface area contributed by atoms with Crippen LogP contribution in [0.2, 0.25) is 0 Å². The fraction of sp³-hybridized carbons (Fsp3) is 0.185. The van der Waals surface area contributed by atoms with Gasteiger partial charge in [0.25, 0.3) is 5.91 Å². The van der Waals surface area contributed by atoms with Gasteiger partial charge in [-0.3, -0.25) is 4.79 Å². The third-order valence-electron chi connectivity index (χ3n) is 5.31. The molecule has 1 aromatic heterocycles. The van der Waals surface area contributed by atoms with Gasteiger partial charge in [-0.05, 0) is 48.1 Å². The van der Waals surface area contributed by atoms with Crippen molar-refractivity contribution in [3.05, 3.63) is 119 Å². The number of benzene rings is 3. The summed E-state index contributed by atoms with van der Waals surface area (Å²) in [5.74, 6) is 1.03. The van der Waals surface area contributed by atoms with Gasteiger partial charge in [0, 0.05) is 6.07 Å². The van der Waals surface area contributed by atoms with E-state index in [1.165, 1.54) is 11.1 Å². The van der Waals surface area contributed by atoms with Crippen LogP contribution < -0.4 is 10.5 Å². The molecule has 0 aliphatic rings. The summed E-state index contributed by atoms with van der Waals surface area (Å²) in [4.78, 5) is 10.9. The summed E-state index contributed by atoms with van der Waals surface area (Å²) in [7, 11) is 0. The molecule has 0 saturated carbocycles. The van der Waals surface area contributed by atoms with Crippen LogP contribution in [0, 0.1) is 0 Å². The Hall–Kier alpha value is -3.86. The van der Waals surface area contributed by atoms with E-state index >= 15 is 0 Å². The zero-order chi connectivity index (χ0) is 22.2. The molecule has 0 unspecified atom stereocenters. The number of aromatic nitrogens is 1. The van der Waals surface area contributed by atoms with Crippen LogP contribution in [0.3, 0.4) is 0 Å². The van der Waals surface area contributed by atoms with E-state index in [1.807, 2.05) is 60.7 Å². The van der Waals surface area contributed by atoms with E-state index in [9.17, 15) is 4.79 Å². The number of nitrogens with two attached hydrogens (primary N) is 1. The number of ether oxygens (including phenoxy) is 1. The highest BCUT2D eigenvalue weighted by molar-refractivity contribution is 5.75. The molecule has 3 aromatic carbocycles. The molecule has 0 bridgehead atoms. The molecule has 0 saturated heterocycles. The third kappa shape index (κ3) is 5.64. The minimum absolute atomic E-state index is 0.0118. The lowest BCUT2D eigenvalue weighted by molar-refractivity contribution is -0.119. The summed E-state index contributed by atoms with van der Waals surface area (Å²) in [5.41, 5.74) is 9.57. The molecule has 1 amide bonds. The van der Waals surface area contributed by atoms with E-state index in [-0.39, 0.29) is 12.5 Å². The highest BCUT2D eigenvalue weighted by Crippen LogP contribution is 2.32. The summed E-state index contributed by atoms with van der Waals surface area (Å²) in [6.07, 6.45) is 2.61. The van der Waals surface area contributed by atoms with Crippen LogP contribution in [-0.2, 0) is 17.6 Å². The van der Waals surface area contributed by atoms with Crippen molar-refractivity contribution in [2.75, 3.05) is 6.61 Å². The third-order valence-corrected chi connectivity index (χ3v) is 5.31. The molecule has 162 valence electrons. The highest BCUT2D eigenvalue weighted by Gasteiger charge is 2.21. The van der Waals surface area contributed by atoms with Crippen molar-refractivity contribution in [1.82, 2.24) is 5.16 Å². The van der Waals surface area contributed by atoms with E-state index in [4.69, 9.17) is 15.0 Å². The Kier molecular flexibility index (Phi) is 6.98. The van der Waals surface area contributed by atoms with E-state index < -0.39 is 5.91 Å². The lowest BCUT2D eigenvalue weighted by atomic mass is 9.89. The topological polar surface area (TPSA) is 78.4 Å². The van der Waals surface area contributed by atoms with Gasteiger partial charge in [-0.25, -0.2) is 0 Å². The number of carbonyl (C=O) groups is 1. The average Bonchev–Trinajstić information content (AvgIpc) is 3.28. The highest BCUT2D eigenvalue weighted by atomic mass is 16.5. The molecule has 0 atom stereocenters. The maximum Gasteiger partial charge on any atom is 0.255 e. The van der Waals surface area contributed by atoms with Gasteiger partial charge in [0.2, 0.25) is 0 Å². The first-order valence-corrected chi connectivity index (χ1v) is 10.7. The molecule has 2 N–H and O–H groups in total. The second-order valence-electron chi connectivity index (χ2n) is 7.73. The summed E-state index contributed by atoms with van der Waals surface area (Å²) < 4.78 is 11.2. The minimum Gasteiger partial charge on any atom is -0.484 e. The molecule has 5 nitrogen and oxygen atoms in total. The second-order valence-corrected chi connectivity index (χ2v) is 7.73. The van der Waals surface area contributed by atoms with Gasteiger partial charge in [-0.1, -0.05) is 78.0 Å². The summed E-state index contributed by atoms with van der Waals surface area (Å²) >= 11 is 0. The molecule has 0 aliphatic heterocycles. The Morgan fingerprint density at radius 2 is 1.56 bits per heavy atom. The number of carbonyl (C=O) groups excluding carboxylic acids is 1. The van der Waals surface area contributed by atoms with Crippen molar-refractivity contribution in [2.24, 2.45) is 5.73 Å². The average molecular weight is 427 g/mol. The molecule has 0 aliphatic carbocycles. The summed E-state index contributed by atoms with van der Waals surface area (Å²) in [5, 5.41) is 4.33. The van der Waals surface area contributed by atoms with E-state index in [0.29, 0.717) is 5.75 Å². The predicted octanol–water partition coefficient (Wildman–Crippen LogP) is 4.89. The van der Waals surface area contributed by atoms with Crippen molar-refractivity contribution in [1.29, 1.82) is 0 Å². The van der Waals surface area contributed by atoms with Crippen LogP contribution in [-0.4, -0.2) is 17.7 Å². The Labute approximate surface area is 187 Å². The van der Waals surface area contributed by atoms with Crippen LogP contribution in [0.25, 0.3) is 0 Å². The Bertz CT molecular complexity index is 1100. The molecule has 1 heterocycles. The Balaban J connectivity index is 1.42. The number of nitrogens with zero attached hydrogens (tertiary/aromatic N) is 1. The first-order valence-electron chi connectivity index (χ1n) is 10.7. The molecule has 4 aromatic rings. The molecule has 0 radical (unpaired) electrons. The van der Waals surface area contributed by atoms with Crippen LogP contribution in [0.1, 0.15) is 40.5 Å². The number of amides is 1. The molecular formula is C27H26N2O3. The number of primary amides is 1. The van der Waals surface area contributed by atoms with Crippen molar-refractivity contribution in [3.63, 3.8) is 0 Å². The lowest BCUT2D eigenvalue weighted by Gasteiger charge is -2.14. The fourth-order valence-corrected chi connectivity index (χ4v) is 3.81. The smallest absolute Gasteiger partial charge is 0.255 e. The number of hydrogen-bond acceptors (Lipinski definition) is 4. The number of aryl methyl sites for hydroxylation is 2. The van der Waals surface area contributed by atoms with Crippen molar-refractivity contribution < 1.29 is 14.1 Å². The molecule has 32 heavy (non-hydrogen) atoms. The SMILES string of the molecule is NC(=O)COc1cccc(CCCc2cc(C(c3ccccc3)c3ccccc3)on2)c1. The normalized spacial score (nSPS) is 10.9. The van der Waals surface area contributed by atoms with Gasteiger partial charge >= 0.3 is 0 Å². The van der Waals surface area contributed by atoms with E-state index in [1.54, 1.807) is 0 Å². The quantitative estimate of drug-likeness (QED) is 0.391. The first kappa shape index (κ1) is 21.4. The van der Waals surface area contributed by atoms with Crippen LogP contribution in [0.4, 0.5) is 0 Å². The summed E-state index contributed by atoms with van der Waals surface area (Å²) in [6.45, 7) is -0.116. The maximum absolute atomic E-state index is 10.9. The van der Waals surface area contributed by atoms with Crippen molar-refractivity contribution in [2.45, 2.75) is 25.2 Å². The van der Waals surface area contributed by atoms with Gasteiger partial charge < -0.3 is 15.0 Å². The standard InChI is InChI=1S/C27H26N2O3/c28-26(30)19-31-24-16-8-10-20(17-24)9-7-15-23-18-25(32-29-23)27(21-11-3-1-4-12-21)22-13-5-2-6-14-22/h1-6,8,10-14,16-18,27H,7,9,15,19H2,(H2,28,30). The van der Waals surface area contributed by atoms with Crippen LogP contribution >= 0.6 is 0 Å². The number of rotatable bonds is 10. The predicted molar refractivity (Wildman–Crippen MR) is 123 cm³/mol. The molecule has 0 spiro atoms. The van der Waals surface area contributed by atoms with Gasteiger partial charge in [0.15, 0.2) is 6.61 Å². The van der Waals surface area contributed by atoms with E-state index in [0.717, 1.165) is 36.3 Å². The minimum atomic E-state index is -0.485. The fourth-order valence-electron chi connectivity index (χ4n) is 3.81. The Morgan fingerprint density at radius 1 is 0.875 bits per heavy atom.